The summed E-state index contributed by atoms with van der Waals surface area (Å²) in [4.78, 5) is 39.5. The van der Waals surface area contributed by atoms with E-state index in [0.29, 0.717) is 23.5 Å². The van der Waals surface area contributed by atoms with E-state index in [1.54, 1.807) is 30.3 Å². The summed E-state index contributed by atoms with van der Waals surface area (Å²) in [6.45, 7) is 0.0757. The Morgan fingerprint density at radius 1 is 1.03 bits per heavy atom. The number of rotatable bonds is 7. The zero-order valence-electron chi connectivity index (χ0n) is 17.5. The van der Waals surface area contributed by atoms with Crippen molar-refractivity contribution >= 4 is 95.9 Å². The van der Waals surface area contributed by atoms with Crippen LogP contribution in [0.25, 0.3) is 6.08 Å². The van der Waals surface area contributed by atoms with Gasteiger partial charge in [-0.1, -0.05) is 58.4 Å². The molecule has 1 fully saturated rings. The van der Waals surface area contributed by atoms with Crippen molar-refractivity contribution in [1.29, 1.82) is 0 Å². The summed E-state index contributed by atoms with van der Waals surface area (Å²) in [5, 5.41) is -0.464. The fourth-order valence-corrected chi connectivity index (χ4v) is 6.36. The number of imide groups is 1. The van der Waals surface area contributed by atoms with Crippen LogP contribution in [0.3, 0.4) is 0 Å². The zero-order chi connectivity index (χ0) is 24.2. The first-order chi connectivity index (χ1) is 16.3. The quantitative estimate of drug-likeness (QED) is 0.146. The van der Waals surface area contributed by atoms with Crippen LogP contribution in [0, 0.1) is 7.14 Å². The molecule has 1 aliphatic rings. The molecule has 0 bridgehead atoms. The van der Waals surface area contributed by atoms with E-state index in [0.717, 1.165) is 33.8 Å². The van der Waals surface area contributed by atoms with Gasteiger partial charge in [-0.2, -0.15) is 0 Å². The summed E-state index contributed by atoms with van der Waals surface area (Å²) >= 11 is 8.57. The first-order valence-corrected chi connectivity index (χ1v) is 13.8. The lowest BCUT2D eigenvalue weighted by atomic mass is 10.1. The predicted molar refractivity (Wildman–Crippen MR) is 154 cm³/mol. The lowest BCUT2D eigenvalue weighted by molar-refractivity contribution is -0.122. The second-order valence-corrected chi connectivity index (χ2v) is 11.6. The van der Waals surface area contributed by atoms with Gasteiger partial charge in [-0.25, -0.2) is 0 Å². The fraction of sp³-hybridized carbons (Fsp3) is 0.0800. The van der Waals surface area contributed by atoms with Crippen molar-refractivity contribution in [3.63, 3.8) is 0 Å². The van der Waals surface area contributed by atoms with Crippen LogP contribution in [-0.4, -0.2) is 28.4 Å². The molecule has 0 unspecified atom stereocenters. The normalized spacial score (nSPS) is 14.7. The number of hydrogen-bond donors (Lipinski definition) is 0. The standard InChI is InChI=1S/C25H16BrI2NO4S/c26-18-8-6-16(7-9-18)21(30)13-29-24(31)22(34-25(29)32)11-17-10-19(27)12-20(28)23(17)33-14-15-4-2-1-3-5-15/h1-12H,13-14H2/b22-11+. The summed E-state index contributed by atoms with van der Waals surface area (Å²) in [6.07, 6.45) is 1.67. The molecule has 0 aliphatic carbocycles. The van der Waals surface area contributed by atoms with Gasteiger partial charge in [-0.05, 0) is 92.8 Å². The molecule has 5 nitrogen and oxygen atoms in total. The van der Waals surface area contributed by atoms with Crippen LogP contribution in [0.4, 0.5) is 4.79 Å². The molecule has 4 rings (SSSR count). The minimum atomic E-state index is -0.483. The third kappa shape index (κ3) is 6.10. The number of carbonyl (C=O) groups is 3. The Morgan fingerprint density at radius 2 is 1.74 bits per heavy atom. The lowest BCUT2D eigenvalue weighted by Crippen LogP contribution is -2.33. The van der Waals surface area contributed by atoms with Crippen molar-refractivity contribution in [1.82, 2.24) is 4.90 Å². The number of ether oxygens (including phenoxy) is 1. The Morgan fingerprint density at radius 3 is 2.44 bits per heavy atom. The maximum atomic E-state index is 13.0. The maximum Gasteiger partial charge on any atom is 0.293 e. The predicted octanol–water partition coefficient (Wildman–Crippen LogP) is 7.16. The zero-order valence-corrected chi connectivity index (χ0v) is 24.2. The first-order valence-electron chi connectivity index (χ1n) is 10.0. The van der Waals surface area contributed by atoms with Gasteiger partial charge in [0.05, 0.1) is 15.0 Å². The highest BCUT2D eigenvalue weighted by molar-refractivity contribution is 14.1. The van der Waals surface area contributed by atoms with Gasteiger partial charge in [0.1, 0.15) is 12.4 Å². The molecule has 0 saturated carbocycles. The number of benzene rings is 3. The van der Waals surface area contributed by atoms with Gasteiger partial charge in [-0.3, -0.25) is 19.3 Å². The summed E-state index contributed by atoms with van der Waals surface area (Å²) in [6, 6.07) is 20.5. The Labute approximate surface area is 236 Å². The molecule has 1 heterocycles. The van der Waals surface area contributed by atoms with Gasteiger partial charge in [0.15, 0.2) is 5.78 Å². The van der Waals surface area contributed by atoms with E-state index in [1.165, 1.54) is 0 Å². The molecule has 9 heteroatoms. The molecule has 0 aromatic heterocycles. The summed E-state index contributed by atoms with van der Waals surface area (Å²) in [5.41, 5.74) is 2.17. The molecule has 0 atom stereocenters. The molecular formula is C25H16BrI2NO4S. The summed E-state index contributed by atoms with van der Waals surface area (Å²) in [7, 11) is 0. The number of thioether (sulfide) groups is 1. The van der Waals surface area contributed by atoms with Crippen molar-refractivity contribution < 1.29 is 19.1 Å². The van der Waals surface area contributed by atoms with Gasteiger partial charge in [-0.15, -0.1) is 0 Å². The largest absolute Gasteiger partial charge is 0.487 e. The van der Waals surface area contributed by atoms with Crippen molar-refractivity contribution in [2.75, 3.05) is 6.54 Å². The Hall–Kier alpha value is -1.70. The second-order valence-electron chi connectivity index (χ2n) is 7.28. The monoisotopic (exact) mass is 759 g/mol. The Bertz CT molecular complexity index is 1300. The lowest BCUT2D eigenvalue weighted by Gasteiger charge is -2.13. The Kier molecular flexibility index (Phi) is 8.48. The van der Waals surface area contributed by atoms with Gasteiger partial charge >= 0.3 is 0 Å². The molecule has 3 aromatic rings. The number of nitrogens with zero attached hydrogens (tertiary/aromatic N) is 1. The van der Waals surface area contributed by atoms with Crippen LogP contribution in [-0.2, 0) is 11.4 Å². The van der Waals surface area contributed by atoms with Crippen molar-refractivity contribution in [3.05, 3.63) is 99.9 Å². The first kappa shape index (κ1) is 25.4. The number of amides is 2. The summed E-state index contributed by atoms with van der Waals surface area (Å²) < 4.78 is 8.83. The van der Waals surface area contributed by atoms with E-state index >= 15 is 0 Å². The second kappa shape index (κ2) is 11.4. The Balaban J connectivity index is 1.56. The maximum absolute atomic E-state index is 13.0. The highest BCUT2D eigenvalue weighted by atomic mass is 127. The molecule has 1 saturated heterocycles. The molecule has 2 amide bonds. The third-order valence-electron chi connectivity index (χ3n) is 4.89. The highest BCUT2D eigenvalue weighted by Crippen LogP contribution is 2.36. The van der Waals surface area contributed by atoms with E-state index in [4.69, 9.17) is 4.74 Å². The number of hydrogen-bond acceptors (Lipinski definition) is 5. The van der Waals surface area contributed by atoms with Crippen LogP contribution in [0.15, 0.2) is 76.1 Å². The summed E-state index contributed by atoms with van der Waals surface area (Å²) in [5.74, 6) is -0.141. The number of halogens is 3. The van der Waals surface area contributed by atoms with Gasteiger partial charge in [0.25, 0.3) is 11.1 Å². The van der Waals surface area contributed by atoms with Crippen LogP contribution in [0.2, 0.25) is 0 Å². The van der Waals surface area contributed by atoms with Gasteiger partial charge < -0.3 is 4.74 Å². The van der Waals surface area contributed by atoms with Crippen molar-refractivity contribution in [2.24, 2.45) is 0 Å². The smallest absolute Gasteiger partial charge is 0.293 e. The van der Waals surface area contributed by atoms with E-state index in [9.17, 15) is 14.4 Å². The van der Waals surface area contributed by atoms with Crippen LogP contribution >= 0.6 is 72.9 Å². The minimum absolute atomic E-state index is 0.260. The van der Waals surface area contributed by atoms with Crippen molar-refractivity contribution in [3.8, 4) is 5.75 Å². The molecule has 1 aliphatic heterocycles. The SMILES string of the molecule is O=C(CN1C(=O)S/C(=C/c2cc(I)cc(I)c2OCc2ccccc2)C1=O)c1ccc(Br)cc1. The average molecular weight is 760 g/mol. The van der Waals surface area contributed by atoms with Crippen LogP contribution < -0.4 is 4.74 Å². The topological polar surface area (TPSA) is 63.7 Å². The minimum Gasteiger partial charge on any atom is -0.487 e. The number of Topliss-reactive ketones (excluding diaryl/α,β-unsaturated/α-hetero) is 1. The third-order valence-corrected chi connectivity index (χ3v) is 7.75. The van der Waals surface area contributed by atoms with E-state index < -0.39 is 11.1 Å². The molecular weight excluding hydrogens is 744 g/mol. The van der Waals surface area contributed by atoms with Crippen LogP contribution in [0.1, 0.15) is 21.5 Å². The molecule has 0 spiro atoms. The number of ketones is 1. The van der Waals surface area contributed by atoms with E-state index in [1.807, 2.05) is 42.5 Å². The molecule has 0 N–H and O–H groups in total. The van der Waals surface area contributed by atoms with E-state index in [2.05, 4.69) is 61.1 Å². The highest BCUT2D eigenvalue weighted by Gasteiger charge is 2.36. The number of carbonyl (C=O) groups excluding carboxylic acids is 3. The van der Waals surface area contributed by atoms with Crippen LogP contribution in [0.5, 0.6) is 5.75 Å². The molecule has 3 aromatic carbocycles. The molecule has 172 valence electrons. The average Bonchev–Trinajstić information content (AvgIpc) is 3.07. The van der Waals surface area contributed by atoms with E-state index in [-0.39, 0.29) is 17.2 Å². The molecule has 34 heavy (non-hydrogen) atoms. The van der Waals surface area contributed by atoms with Gasteiger partial charge in [0.2, 0.25) is 0 Å². The molecule has 0 radical (unpaired) electrons. The van der Waals surface area contributed by atoms with Gasteiger partial charge in [0, 0.05) is 19.2 Å². The van der Waals surface area contributed by atoms with Crippen molar-refractivity contribution in [2.45, 2.75) is 6.61 Å². The fourth-order valence-electron chi connectivity index (χ4n) is 3.22.